The van der Waals surface area contributed by atoms with Crippen LogP contribution in [0.3, 0.4) is 0 Å². The molecule has 0 heteroatoms. The highest BCUT2D eigenvalue weighted by molar-refractivity contribution is 4.72. The Morgan fingerprint density at radius 2 is 1.25 bits per heavy atom. The van der Waals surface area contributed by atoms with Gasteiger partial charge in [0.25, 0.3) is 0 Å². The molecular weight excluding hydrogens is 240 g/mol. The lowest BCUT2D eigenvalue weighted by molar-refractivity contribution is 0.226. The van der Waals surface area contributed by atoms with Crippen LogP contribution in [0, 0.1) is 23.7 Å². The summed E-state index contributed by atoms with van der Waals surface area (Å²) in [6, 6.07) is 0. The smallest absolute Gasteiger partial charge is 0.0386 e. The molecule has 0 saturated carbocycles. The lowest BCUT2D eigenvalue weighted by Gasteiger charge is -2.28. The molecule has 4 unspecified atom stereocenters. The zero-order valence-electron chi connectivity index (χ0n) is 15.4. The summed E-state index contributed by atoms with van der Waals surface area (Å²) in [5.41, 5.74) is 0. The van der Waals surface area contributed by atoms with Gasteiger partial charge in [-0.2, -0.15) is 0 Å². The summed E-state index contributed by atoms with van der Waals surface area (Å²) in [4.78, 5) is 0. The Labute approximate surface area is 130 Å². The van der Waals surface area contributed by atoms with Gasteiger partial charge in [0.15, 0.2) is 0 Å². The van der Waals surface area contributed by atoms with E-state index in [0.29, 0.717) is 0 Å². The highest BCUT2D eigenvalue weighted by Gasteiger charge is 2.21. The third kappa shape index (κ3) is 9.03. The maximum absolute atomic E-state index is 2.49. The SMILES string of the molecule is CCCCCC(C)CC(CC)C(CC)CCC(C)CC. The van der Waals surface area contributed by atoms with Crippen molar-refractivity contribution in [2.45, 2.75) is 106 Å². The third-order valence-corrected chi connectivity index (χ3v) is 5.45. The molecule has 0 rings (SSSR count). The van der Waals surface area contributed by atoms with Crippen molar-refractivity contribution in [2.24, 2.45) is 23.7 Å². The normalized spacial score (nSPS) is 17.7. The van der Waals surface area contributed by atoms with Crippen molar-refractivity contribution >= 4 is 0 Å². The van der Waals surface area contributed by atoms with Crippen LogP contribution in [0.4, 0.5) is 0 Å². The molecule has 122 valence electrons. The molecule has 0 aliphatic heterocycles. The van der Waals surface area contributed by atoms with Crippen LogP contribution in [-0.4, -0.2) is 0 Å². The Morgan fingerprint density at radius 1 is 0.600 bits per heavy atom. The predicted molar refractivity (Wildman–Crippen MR) is 94.2 cm³/mol. The van der Waals surface area contributed by atoms with Gasteiger partial charge < -0.3 is 0 Å². The van der Waals surface area contributed by atoms with Crippen LogP contribution in [0.25, 0.3) is 0 Å². The van der Waals surface area contributed by atoms with E-state index in [1.54, 1.807) is 0 Å². The summed E-state index contributed by atoms with van der Waals surface area (Å²) < 4.78 is 0. The summed E-state index contributed by atoms with van der Waals surface area (Å²) in [5.74, 6) is 3.80. The average molecular weight is 283 g/mol. The first-order chi connectivity index (χ1) is 9.58. The van der Waals surface area contributed by atoms with Crippen molar-refractivity contribution in [2.75, 3.05) is 0 Å². The van der Waals surface area contributed by atoms with Crippen LogP contribution in [0.15, 0.2) is 0 Å². The Morgan fingerprint density at radius 3 is 1.75 bits per heavy atom. The van der Waals surface area contributed by atoms with Gasteiger partial charge in [0, 0.05) is 0 Å². The molecule has 0 aromatic rings. The zero-order chi connectivity index (χ0) is 15.4. The Balaban J connectivity index is 4.16. The number of rotatable bonds is 13. The summed E-state index contributed by atoms with van der Waals surface area (Å²) >= 11 is 0. The van der Waals surface area contributed by atoms with E-state index in [9.17, 15) is 0 Å². The van der Waals surface area contributed by atoms with Crippen LogP contribution in [0.2, 0.25) is 0 Å². The van der Waals surface area contributed by atoms with Gasteiger partial charge in [0.05, 0.1) is 0 Å². The summed E-state index contributed by atoms with van der Waals surface area (Å²) in [5, 5.41) is 0. The van der Waals surface area contributed by atoms with Gasteiger partial charge >= 0.3 is 0 Å². The molecule has 0 nitrogen and oxygen atoms in total. The molecule has 0 radical (unpaired) electrons. The molecule has 20 heavy (non-hydrogen) atoms. The van der Waals surface area contributed by atoms with Crippen LogP contribution >= 0.6 is 0 Å². The van der Waals surface area contributed by atoms with Crippen molar-refractivity contribution < 1.29 is 0 Å². The minimum Gasteiger partial charge on any atom is -0.0654 e. The van der Waals surface area contributed by atoms with Crippen LogP contribution < -0.4 is 0 Å². The molecule has 4 atom stereocenters. The lowest BCUT2D eigenvalue weighted by Crippen LogP contribution is -2.17. The fraction of sp³-hybridized carbons (Fsp3) is 1.00. The second kappa shape index (κ2) is 12.7. The molecule has 0 amide bonds. The number of hydrogen-bond donors (Lipinski definition) is 0. The van der Waals surface area contributed by atoms with Gasteiger partial charge in [0.2, 0.25) is 0 Å². The predicted octanol–water partition coefficient (Wildman–Crippen LogP) is 7.47. The lowest BCUT2D eigenvalue weighted by atomic mass is 9.77. The monoisotopic (exact) mass is 282 g/mol. The number of unbranched alkanes of at least 4 members (excludes halogenated alkanes) is 2. The van der Waals surface area contributed by atoms with E-state index in [1.807, 2.05) is 0 Å². The van der Waals surface area contributed by atoms with Gasteiger partial charge in [-0.25, -0.2) is 0 Å². The molecule has 0 aromatic carbocycles. The summed E-state index contributed by atoms with van der Waals surface area (Å²) in [6.45, 7) is 14.4. The Bertz CT molecular complexity index is 196. The Hall–Kier alpha value is 0. The number of hydrogen-bond acceptors (Lipinski definition) is 0. The van der Waals surface area contributed by atoms with Crippen LogP contribution in [-0.2, 0) is 0 Å². The van der Waals surface area contributed by atoms with E-state index in [-0.39, 0.29) is 0 Å². The molecule has 0 spiro atoms. The molecule has 0 saturated heterocycles. The molecule has 0 bridgehead atoms. The van der Waals surface area contributed by atoms with Crippen molar-refractivity contribution in [1.29, 1.82) is 0 Å². The summed E-state index contributed by atoms with van der Waals surface area (Å²) in [7, 11) is 0. The maximum Gasteiger partial charge on any atom is -0.0386 e. The first-order valence-electron chi connectivity index (χ1n) is 9.58. The van der Waals surface area contributed by atoms with Gasteiger partial charge in [-0.05, 0) is 36.5 Å². The van der Waals surface area contributed by atoms with Gasteiger partial charge in [-0.1, -0.05) is 92.9 Å². The maximum atomic E-state index is 2.49. The van der Waals surface area contributed by atoms with E-state index < -0.39 is 0 Å². The van der Waals surface area contributed by atoms with Crippen molar-refractivity contribution in [3.05, 3.63) is 0 Å². The first kappa shape index (κ1) is 20.0. The second-order valence-electron chi connectivity index (χ2n) is 7.26. The van der Waals surface area contributed by atoms with E-state index in [0.717, 1.165) is 23.7 Å². The fourth-order valence-corrected chi connectivity index (χ4v) is 3.55. The minimum atomic E-state index is 0.920. The minimum absolute atomic E-state index is 0.920. The summed E-state index contributed by atoms with van der Waals surface area (Å²) in [6.07, 6.45) is 14.2. The largest absolute Gasteiger partial charge is 0.0654 e. The second-order valence-corrected chi connectivity index (χ2v) is 7.26. The van der Waals surface area contributed by atoms with Gasteiger partial charge in [0.1, 0.15) is 0 Å². The average Bonchev–Trinajstić information content (AvgIpc) is 2.46. The fourth-order valence-electron chi connectivity index (χ4n) is 3.55. The van der Waals surface area contributed by atoms with E-state index in [2.05, 4.69) is 41.5 Å². The van der Waals surface area contributed by atoms with Gasteiger partial charge in [-0.15, -0.1) is 0 Å². The standard InChI is InChI=1S/C20H42/c1-7-11-12-13-18(6)16-20(10-4)19(9-3)15-14-17(5)8-2/h17-20H,7-16H2,1-6H3. The molecule has 0 N–H and O–H groups in total. The van der Waals surface area contributed by atoms with Crippen LogP contribution in [0.1, 0.15) is 106 Å². The molecule has 0 aliphatic rings. The topological polar surface area (TPSA) is 0 Å². The Kier molecular flexibility index (Phi) is 12.7. The third-order valence-electron chi connectivity index (χ3n) is 5.45. The molecule has 0 fully saturated rings. The van der Waals surface area contributed by atoms with Crippen LogP contribution in [0.5, 0.6) is 0 Å². The quantitative estimate of drug-likeness (QED) is 0.307. The zero-order valence-corrected chi connectivity index (χ0v) is 15.4. The molecule has 0 heterocycles. The van der Waals surface area contributed by atoms with Crippen molar-refractivity contribution in [3.8, 4) is 0 Å². The molecule has 0 aromatic heterocycles. The van der Waals surface area contributed by atoms with E-state index in [1.165, 1.54) is 64.2 Å². The van der Waals surface area contributed by atoms with E-state index in [4.69, 9.17) is 0 Å². The molecular formula is C20H42. The highest BCUT2D eigenvalue weighted by atomic mass is 14.3. The van der Waals surface area contributed by atoms with Gasteiger partial charge in [-0.3, -0.25) is 0 Å². The highest BCUT2D eigenvalue weighted by Crippen LogP contribution is 2.32. The van der Waals surface area contributed by atoms with Crippen molar-refractivity contribution in [3.63, 3.8) is 0 Å². The molecule has 0 aliphatic carbocycles. The van der Waals surface area contributed by atoms with Crippen molar-refractivity contribution in [1.82, 2.24) is 0 Å². The van der Waals surface area contributed by atoms with E-state index >= 15 is 0 Å². The first-order valence-corrected chi connectivity index (χ1v) is 9.58.